The smallest absolute Gasteiger partial charge is 0.391 e. The fourth-order valence-corrected chi connectivity index (χ4v) is 1.63. The molecule has 1 aromatic rings. The second kappa shape index (κ2) is 9.20. The van der Waals surface area contributed by atoms with Crippen molar-refractivity contribution in [3.63, 3.8) is 0 Å². The van der Waals surface area contributed by atoms with Crippen molar-refractivity contribution in [1.29, 1.82) is 0 Å². The molecule has 8 heteroatoms. The lowest BCUT2D eigenvalue weighted by molar-refractivity contribution is 0.0697. The maximum absolute atomic E-state index is 8.65. The minimum Gasteiger partial charge on any atom is -0.426 e. The highest BCUT2D eigenvalue weighted by atomic mass is 31.2. The van der Waals surface area contributed by atoms with E-state index in [0.717, 1.165) is 11.1 Å². The van der Waals surface area contributed by atoms with Crippen LogP contribution in [0.5, 0.6) is 5.75 Å². The molecule has 0 unspecified atom stereocenters. The van der Waals surface area contributed by atoms with Crippen molar-refractivity contribution < 1.29 is 29.6 Å². The molecule has 0 aromatic heterocycles. The van der Waals surface area contributed by atoms with Crippen molar-refractivity contribution in [2.45, 2.75) is 19.4 Å². The molecular weight excluding hydrogens is 285 g/mol. The Bertz CT molecular complexity index is 369. The van der Waals surface area contributed by atoms with Crippen LogP contribution in [0.1, 0.15) is 11.1 Å². The number of hydrogen-bond acceptors (Lipinski definition) is 7. The molecular formula is C12H22NO6P. The van der Waals surface area contributed by atoms with Crippen molar-refractivity contribution >= 4 is 8.60 Å². The first-order valence-electron chi connectivity index (χ1n) is 5.83. The van der Waals surface area contributed by atoms with Gasteiger partial charge < -0.3 is 35.4 Å². The maximum Gasteiger partial charge on any atom is 0.391 e. The third kappa shape index (κ3) is 6.58. The zero-order chi connectivity index (χ0) is 15.8. The van der Waals surface area contributed by atoms with Crippen LogP contribution in [0.4, 0.5) is 0 Å². The third-order valence-electron chi connectivity index (χ3n) is 2.53. The molecule has 116 valence electrons. The molecule has 20 heavy (non-hydrogen) atoms. The van der Waals surface area contributed by atoms with E-state index in [0.29, 0.717) is 5.75 Å². The van der Waals surface area contributed by atoms with Gasteiger partial charge in [-0.05, 0) is 25.0 Å². The summed E-state index contributed by atoms with van der Waals surface area (Å²) in [4.78, 5) is 17.3. The Labute approximate surface area is 119 Å². The summed E-state index contributed by atoms with van der Waals surface area (Å²) in [6.07, 6.45) is 0. The molecule has 0 spiro atoms. The SMILES string of the molecule is Cc1cccc(C)c1OP(O)O.NC(CO)(CO)CO. The molecule has 0 aliphatic rings. The van der Waals surface area contributed by atoms with Gasteiger partial charge in [0.2, 0.25) is 0 Å². The molecule has 0 radical (unpaired) electrons. The number of para-hydroxylation sites is 1. The summed E-state index contributed by atoms with van der Waals surface area (Å²) in [5.74, 6) is 0.564. The lowest BCUT2D eigenvalue weighted by atomic mass is 10.1. The third-order valence-corrected chi connectivity index (χ3v) is 2.87. The lowest BCUT2D eigenvalue weighted by Crippen LogP contribution is -2.50. The highest BCUT2D eigenvalue weighted by Gasteiger charge is 2.20. The highest BCUT2D eigenvalue weighted by Crippen LogP contribution is 2.33. The van der Waals surface area contributed by atoms with Crippen molar-refractivity contribution in [2.24, 2.45) is 5.73 Å². The second-order valence-corrected chi connectivity index (χ2v) is 5.09. The Morgan fingerprint density at radius 3 is 1.70 bits per heavy atom. The van der Waals surface area contributed by atoms with E-state index >= 15 is 0 Å². The molecule has 0 aliphatic heterocycles. The van der Waals surface area contributed by atoms with Gasteiger partial charge in [0.1, 0.15) is 5.75 Å². The standard InChI is InChI=1S/C8H11O3P.C4H11NO3/c1-6-4-3-5-7(2)8(6)11-12(9)10;5-4(1-6,2-7)3-8/h3-5,9-10H,1-2H3;6-8H,1-3,5H2. The van der Waals surface area contributed by atoms with Gasteiger partial charge in [-0.2, -0.15) is 0 Å². The van der Waals surface area contributed by atoms with Crippen molar-refractivity contribution in [2.75, 3.05) is 19.8 Å². The Balaban J connectivity index is 0.000000396. The van der Waals surface area contributed by atoms with Crippen molar-refractivity contribution in [3.05, 3.63) is 29.3 Å². The quantitative estimate of drug-likeness (QED) is 0.405. The minimum atomic E-state index is -2.31. The molecule has 0 amide bonds. The largest absolute Gasteiger partial charge is 0.426 e. The Morgan fingerprint density at radius 2 is 1.45 bits per heavy atom. The van der Waals surface area contributed by atoms with Crippen molar-refractivity contribution in [1.82, 2.24) is 0 Å². The number of aliphatic hydroxyl groups is 3. The summed E-state index contributed by atoms with van der Waals surface area (Å²) in [5, 5.41) is 25.0. The Morgan fingerprint density at radius 1 is 1.05 bits per heavy atom. The summed E-state index contributed by atoms with van der Waals surface area (Å²) < 4.78 is 4.85. The van der Waals surface area contributed by atoms with Crippen LogP contribution < -0.4 is 10.3 Å². The van der Waals surface area contributed by atoms with Gasteiger partial charge in [-0.15, -0.1) is 0 Å². The molecule has 0 atom stereocenters. The van der Waals surface area contributed by atoms with E-state index < -0.39 is 34.0 Å². The van der Waals surface area contributed by atoms with E-state index in [1.165, 1.54) is 0 Å². The molecule has 7 nitrogen and oxygen atoms in total. The summed E-state index contributed by atoms with van der Waals surface area (Å²) >= 11 is 0. The highest BCUT2D eigenvalue weighted by molar-refractivity contribution is 7.39. The van der Waals surface area contributed by atoms with E-state index in [2.05, 4.69) is 0 Å². The van der Waals surface area contributed by atoms with E-state index in [1.807, 2.05) is 32.0 Å². The summed E-state index contributed by atoms with van der Waals surface area (Å²) in [7, 11) is -2.31. The van der Waals surface area contributed by atoms with Crippen LogP contribution >= 0.6 is 8.60 Å². The number of aryl methyl sites for hydroxylation is 2. The van der Waals surface area contributed by atoms with Gasteiger partial charge in [0.05, 0.1) is 25.4 Å². The summed E-state index contributed by atoms with van der Waals surface area (Å²) in [5.41, 5.74) is 5.75. The Hall–Kier alpha value is -0.790. The summed E-state index contributed by atoms with van der Waals surface area (Å²) in [6, 6.07) is 5.62. The van der Waals surface area contributed by atoms with Gasteiger partial charge in [0.15, 0.2) is 0 Å². The van der Waals surface area contributed by atoms with Gasteiger partial charge in [0.25, 0.3) is 0 Å². The monoisotopic (exact) mass is 307 g/mol. The number of aliphatic hydroxyl groups excluding tert-OH is 3. The van der Waals surface area contributed by atoms with Crippen LogP contribution in [0.25, 0.3) is 0 Å². The predicted molar refractivity (Wildman–Crippen MR) is 76.1 cm³/mol. The molecule has 0 heterocycles. The lowest BCUT2D eigenvalue weighted by Gasteiger charge is -2.20. The van der Waals surface area contributed by atoms with Gasteiger partial charge in [-0.3, -0.25) is 0 Å². The molecule has 0 saturated carbocycles. The van der Waals surface area contributed by atoms with Crippen molar-refractivity contribution in [3.8, 4) is 5.75 Å². The number of benzene rings is 1. The predicted octanol–water partition coefficient (Wildman–Crippen LogP) is -0.445. The van der Waals surface area contributed by atoms with Gasteiger partial charge in [0, 0.05) is 0 Å². The molecule has 0 bridgehead atoms. The molecule has 0 fully saturated rings. The normalized spacial score (nSPS) is 11.1. The van der Waals surface area contributed by atoms with Gasteiger partial charge >= 0.3 is 8.60 Å². The molecule has 0 aliphatic carbocycles. The minimum absolute atomic E-state index is 0.403. The average Bonchev–Trinajstić information content (AvgIpc) is 2.43. The molecule has 1 aromatic carbocycles. The summed E-state index contributed by atoms with van der Waals surface area (Å²) in [6.45, 7) is 2.52. The first kappa shape index (κ1) is 19.2. The first-order chi connectivity index (χ1) is 9.29. The van der Waals surface area contributed by atoms with E-state index in [4.69, 9.17) is 35.4 Å². The number of nitrogens with two attached hydrogens (primary N) is 1. The average molecular weight is 307 g/mol. The van der Waals surface area contributed by atoms with Crippen LogP contribution in [-0.2, 0) is 0 Å². The van der Waals surface area contributed by atoms with E-state index in [9.17, 15) is 0 Å². The molecule has 7 N–H and O–H groups in total. The first-order valence-corrected chi connectivity index (χ1v) is 6.99. The van der Waals surface area contributed by atoms with Gasteiger partial charge in [-0.25, -0.2) is 0 Å². The zero-order valence-corrected chi connectivity index (χ0v) is 12.4. The maximum atomic E-state index is 8.65. The molecule has 0 saturated heterocycles. The van der Waals surface area contributed by atoms with Gasteiger partial charge in [-0.1, -0.05) is 18.2 Å². The van der Waals surface area contributed by atoms with Crippen LogP contribution in [0, 0.1) is 13.8 Å². The van der Waals surface area contributed by atoms with Crippen LogP contribution in [-0.4, -0.2) is 50.5 Å². The van der Waals surface area contributed by atoms with Crippen LogP contribution in [0.2, 0.25) is 0 Å². The van der Waals surface area contributed by atoms with Crippen LogP contribution in [0.15, 0.2) is 18.2 Å². The zero-order valence-electron chi connectivity index (χ0n) is 11.5. The van der Waals surface area contributed by atoms with Crippen LogP contribution in [0.3, 0.4) is 0 Å². The van der Waals surface area contributed by atoms with E-state index in [-0.39, 0.29) is 0 Å². The fourth-order valence-electron chi connectivity index (χ4n) is 1.17. The van der Waals surface area contributed by atoms with E-state index in [1.54, 1.807) is 0 Å². The second-order valence-electron chi connectivity index (χ2n) is 4.40. The fraction of sp³-hybridized carbons (Fsp3) is 0.500. The molecule has 1 rings (SSSR count). The number of rotatable bonds is 5. The number of hydrogen-bond donors (Lipinski definition) is 6. The Kier molecular flexibility index (Phi) is 8.84. The topological polar surface area (TPSA) is 136 Å².